The summed E-state index contributed by atoms with van der Waals surface area (Å²) in [7, 11) is 0. The summed E-state index contributed by atoms with van der Waals surface area (Å²) in [5.74, 6) is 1.20. The monoisotopic (exact) mass is 429 g/mol. The van der Waals surface area contributed by atoms with Gasteiger partial charge in [-0.05, 0) is 42.8 Å². The quantitative estimate of drug-likeness (QED) is 0.554. The fourth-order valence-corrected chi connectivity index (χ4v) is 3.08. The standard InChI is InChI=1S/C19H16BrN3O2S/c1-13-4-2-3-5-16(13)25-18-19(22-11-10-21-18)26-12-17(24)23-15-8-6-14(20)7-9-15/h2-11H,12H2,1H3,(H,23,24). The van der Waals surface area contributed by atoms with Crippen LogP contribution in [0.3, 0.4) is 0 Å². The van der Waals surface area contributed by atoms with Gasteiger partial charge in [0.05, 0.1) is 5.75 Å². The number of hydrogen-bond donors (Lipinski definition) is 1. The van der Waals surface area contributed by atoms with E-state index in [9.17, 15) is 4.79 Å². The fraction of sp³-hybridized carbons (Fsp3) is 0.105. The van der Waals surface area contributed by atoms with Crippen LogP contribution in [0.5, 0.6) is 11.6 Å². The number of thioether (sulfide) groups is 1. The zero-order valence-corrected chi connectivity index (χ0v) is 16.4. The second-order valence-corrected chi connectivity index (χ2v) is 7.26. The van der Waals surface area contributed by atoms with Gasteiger partial charge in [-0.15, -0.1) is 0 Å². The molecule has 0 radical (unpaired) electrons. The summed E-state index contributed by atoms with van der Waals surface area (Å²) in [5, 5.41) is 3.42. The molecule has 0 aliphatic rings. The highest BCUT2D eigenvalue weighted by atomic mass is 79.9. The third kappa shape index (κ3) is 5.06. The van der Waals surface area contributed by atoms with E-state index >= 15 is 0 Å². The maximum Gasteiger partial charge on any atom is 0.252 e. The lowest BCUT2D eigenvalue weighted by molar-refractivity contribution is -0.113. The van der Waals surface area contributed by atoms with Crippen molar-refractivity contribution in [1.82, 2.24) is 9.97 Å². The molecule has 1 aromatic heterocycles. The lowest BCUT2D eigenvalue weighted by Gasteiger charge is -2.10. The minimum atomic E-state index is -0.121. The van der Waals surface area contributed by atoms with Crippen LogP contribution in [0.2, 0.25) is 0 Å². The minimum absolute atomic E-state index is 0.121. The van der Waals surface area contributed by atoms with Gasteiger partial charge >= 0.3 is 0 Å². The summed E-state index contributed by atoms with van der Waals surface area (Å²) in [5.41, 5.74) is 1.75. The number of anilines is 1. The Hall–Kier alpha value is -2.38. The molecule has 0 aliphatic carbocycles. The number of halogens is 1. The number of ether oxygens (including phenoxy) is 1. The predicted molar refractivity (Wildman–Crippen MR) is 107 cm³/mol. The van der Waals surface area contributed by atoms with Crippen molar-refractivity contribution in [2.24, 2.45) is 0 Å². The van der Waals surface area contributed by atoms with Gasteiger partial charge < -0.3 is 10.1 Å². The van der Waals surface area contributed by atoms with E-state index in [1.54, 1.807) is 12.4 Å². The number of carbonyl (C=O) groups excluding carboxylic acids is 1. The SMILES string of the molecule is Cc1ccccc1Oc1nccnc1SCC(=O)Nc1ccc(Br)cc1. The molecule has 1 amide bonds. The Morgan fingerprint density at radius 3 is 2.62 bits per heavy atom. The molecule has 5 nitrogen and oxygen atoms in total. The van der Waals surface area contributed by atoms with Crippen molar-refractivity contribution in [2.75, 3.05) is 11.1 Å². The summed E-state index contributed by atoms with van der Waals surface area (Å²) >= 11 is 4.65. The number of hydrogen-bond acceptors (Lipinski definition) is 5. The molecule has 3 rings (SSSR count). The van der Waals surface area contributed by atoms with Gasteiger partial charge in [0.2, 0.25) is 5.91 Å². The molecule has 26 heavy (non-hydrogen) atoms. The number of nitrogens with one attached hydrogen (secondary N) is 1. The van der Waals surface area contributed by atoms with Crippen LogP contribution in [-0.2, 0) is 4.79 Å². The summed E-state index contributed by atoms with van der Waals surface area (Å²) < 4.78 is 6.83. The van der Waals surface area contributed by atoms with Crippen molar-refractivity contribution in [3.05, 3.63) is 71.0 Å². The van der Waals surface area contributed by atoms with Gasteiger partial charge in [0.25, 0.3) is 5.88 Å². The number of carbonyl (C=O) groups is 1. The van der Waals surface area contributed by atoms with E-state index in [4.69, 9.17) is 4.74 Å². The topological polar surface area (TPSA) is 64.1 Å². The first kappa shape index (κ1) is 18.4. The molecule has 1 heterocycles. The zero-order valence-electron chi connectivity index (χ0n) is 14.0. The van der Waals surface area contributed by atoms with Crippen LogP contribution in [0.4, 0.5) is 5.69 Å². The number of para-hydroxylation sites is 1. The Labute approximate surface area is 164 Å². The molecular formula is C19H16BrN3O2S. The van der Waals surface area contributed by atoms with Crippen LogP contribution >= 0.6 is 27.7 Å². The normalized spacial score (nSPS) is 10.4. The summed E-state index contributed by atoms with van der Waals surface area (Å²) in [6.45, 7) is 1.96. The molecule has 3 aromatic rings. The third-order valence-electron chi connectivity index (χ3n) is 3.40. The predicted octanol–water partition coefficient (Wildman–Crippen LogP) is 5.07. The average molecular weight is 430 g/mol. The first-order valence-corrected chi connectivity index (χ1v) is 9.62. The van der Waals surface area contributed by atoms with Gasteiger partial charge in [-0.1, -0.05) is 45.9 Å². The highest BCUT2D eigenvalue weighted by Gasteiger charge is 2.12. The van der Waals surface area contributed by atoms with E-state index in [-0.39, 0.29) is 11.7 Å². The highest BCUT2D eigenvalue weighted by molar-refractivity contribution is 9.10. The Morgan fingerprint density at radius 2 is 1.85 bits per heavy atom. The van der Waals surface area contributed by atoms with E-state index in [0.717, 1.165) is 15.7 Å². The molecule has 0 bridgehead atoms. The van der Waals surface area contributed by atoms with E-state index in [0.29, 0.717) is 16.7 Å². The van der Waals surface area contributed by atoms with Crippen molar-refractivity contribution in [3.63, 3.8) is 0 Å². The van der Waals surface area contributed by atoms with Crippen molar-refractivity contribution in [2.45, 2.75) is 11.9 Å². The molecular weight excluding hydrogens is 414 g/mol. The molecule has 0 unspecified atom stereocenters. The number of amides is 1. The summed E-state index contributed by atoms with van der Waals surface area (Å²) in [4.78, 5) is 20.7. The van der Waals surface area contributed by atoms with Crippen LogP contribution in [0.15, 0.2) is 70.4 Å². The minimum Gasteiger partial charge on any atom is -0.436 e. The Kier molecular flexibility index (Phi) is 6.25. The molecule has 7 heteroatoms. The van der Waals surface area contributed by atoms with Crippen molar-refractivity contribution in [3.8, 4) is 11.6 Å². The first-order chi connectivity index (χ1) is 12.6. The van der Waals surface area contributed by atoms with Crippen LogP contribution < -0.4 is 10.1 Å². The Balaban J connectivity index is 1.64. The van der Waals surface area contributed by atoms with Gasteiger partial charge in [-0.2, -0.15) is 0 Å². The fourth-order valence-electron chi connectivity index (χ4n) is 2.12. The van der Waals surface area contributed by atoms with E-state index in [1.807, 2.05) is 55.5 Å². The lowest BCUT2D eigenvalue weighted by Crippen LogP contribution is -2.14. The summed E-state index contributed by atoms with van der Waals surface area (Å²) in [6, 6.07) is 15.1. The van der Waals surface area contributed by atoms with E-state index in [1.165, 1.54) is 11.8 Å². The van der Waals surface area contributed by atoms with E-state index in [2.05, 4.69) is 31.2 Å². The largest absolute Gasteiger partial charge is 0.436 e. The molecule has 0 saturated heterocycles. The van der Waals surface area contributed by atoms with Gasteiger partial charge in [0, 0.05) is 22.6 Å². The average Bonchev–Trinajstić information content (AvgIpc) is 2.65. The number of aryl methyl sites for hydroxylation is 1. The molecule has 0 spiro atoms. The van der Waals surface area contributed by atoms with Crippen molar-refractivity contribution >= 4 is 39.3 Å². The van der Waals surface area contributed by atoms with Gasteiger partial charge in [0.15, 0.2) is 5.03 Å². The van der Waals surface area contributed by atoms with Crippen LogP contribution in [0.1, 0.15) is 5.56 Å². The maximum absolute atomic E-state index is 12.2. The number of rotatable bonds is 6. The Bertz CT molecular complexity index is 903. The van der Waals surface area contributed by atoms with Crippen molar-refractivity contribution < 1.29 is 9.53 Å². The number of aromatic nitrogens is 2. The number of nitrogens with zero attached hydrogens (tertiary/aromatic N) is 2. The second-order valence-electron chi connectivity index (χ2n) is 5.38. The highest BCUT2D eigenvalue weighted by Crippen LogP contribution is 2.30. The van der Waals surface area contributed by atoms with Crippen LogP contribution in [0, 0.1) is 6.92 Å². The van der Waals surface area contributed by atoms with Gasteiger partial charge in [-0.3, -0.25) is 4.79 Å². The van der Waals surface area contributed by atoms with Crippen LogP contribution in [0.25, 0.3) is 0 Å². The van der Waals surface area contributed by atoms with Gasteiger partial charge in [0.1, 0.15) is 5.75 Å². The Morgan fingerprint density at radius 1 is 1.12 bits per heavy atom. The molecule has 0 saturated carbocycles. The first-order valence-electron chi connectivity index (χ1n) is 7.84. The molecule has 0 atom stereocenters. The molecule has 0 aliphatic heterocycles. The zero-order chi connectivity index (χ0) is 18.4. The third-order valence-corrected chi connectivity index (χ3v) is 4.89. The number of benzene rings is 2. The smallest absolute Gasteiger partial charge is 0.252 e. The van der Waals surface area contributed by atoms with Crippen molar-refractivity contribution in [1.29, 1.82) is 0 Å². The second kappa shape index (κ2) is 8.82. The molecule has 2 aromatic carbocycles. The molecule has 0 fully saturated rings. The van der Waals surface area contributed by atoms with Gasteiger partial charge in [-0.25, -0.2) is 9.97 Å². The van der Waals surface area contributed by atoms with Crippen LogP contribution in [-0.4, -0.2) is 21.6 Å². The van der Waals surface area contributed by atoms with E-state index < -0.39 is 0 Å². The maximum atomic E-state index is 12.2. The lowest BCUT2D eigenvalue weighted by atomic mass is 10.2. The summed E-state index contributed by atoms with van der Waals surface area (Å²) in [6.07, 6.45) is 3.15. The molecule has 1 N–H and O–H groups in total. The molecule has 132 valence electrons.